The molecule has 1 aromatic carbocycles. The highest BCUT2D eigenvalue weighted by Crippen LogP contribution is 2.30. The van der Waals surface area contributed by atoms with Crippen LogP contribution in [0, 0.1) is 17.0 Å². The second-order valence-electron chi connectivity index (χ2n) is 4.57. The fraction of sp³-hybridized carbons (Fsp3) is 0.357. The summed E-state index contributed by atoms with van der Waals surface area (Å²) in [6.07, 6.45) is 0.785. The molecule has 0 bridgehead atoms. The molecule has 0 fully saturated rings. The zero-order chi connectivity index (χ0) is 15.2. The molecule has 2 rings (SSSR count). The van der Waals surface area contributed by atoms with Crippen molar-refractivity contribution in [3.8, 4) is 5.75 Å². The summed E-state index contributed by atoms with van der Waals surface area (Å²) in [6.45, 7) is 4.68. The Bertz CT molecular complexity index is 624. The van der Waals surface area contributed by atoms with E-state index in [1.807, 2.05) is 19.9 Å². The molecule has 1 N–H and O–H groups in total. The Morgan fingerprint density at radius 1 is 1.43 bits per heavy atom. The topological polar surface area (TPSA) is 90.4 Å². The predicted molar refractivity (Wildman–Crippen MR) is 77.4 cm³/mol. The predicted octanol–water partition coefficient (Wildman–Crippen LogP) is 3.29. The second-order valence-corrected chi connectivity index (χ2v) is 4.57. The van der Waals surface area contributed by atoms with Crippen LogP contribution >= 0.6 is 0 Å². The van der Waals surface area contributed by atoms with E-state index in [9.17, 15) is 10.1 Å². The molecule has 0 radical (unpaired) electrons. The lowest BCUT2D eigenvalue weighted by Crippen LogP contribution is -2.03. The Kier molecular flexibility index (Phi) is 4.76. The first-order chi connectivity index (χ1) is 10.1. The zero-order valence-electron chi connectivity index (χ0n) is 12.0. The molecule has 1 heterocycles. The van der Waals surface area contributed by atoms with Gasteiger partial charge in [0.15, 0.2) is 5.75 Å². The quantitative estimate of drug-likeness (QED) is 0.621. The van der Waals surface area contributed by atoms with Crippen LogP contribution < -0.4 is 10.1 Å². The first-order valence-corrected chi connectivity index (χ1v) is 6.67. The highest BCUT2D eigenvalue weighted by Gasteiger charge is 2.15. The lowest BCUT2D eigenvalue weighted by molar-refractivity contribution is -0.385. The standard InChI is InChI=1S/C14H17N3O4/c1-3-6-20-14-8-11(4-5-13(14)17(18)19)15-9-12-7-10(2)21-16-12/h4-5,7-8,15H,3,6,9H2,1-2H3. The van der Waals surface area contributed by atoms with Gasteiger partial charge in [0.2, 0.25) is 0 Å². The van der Waals surface area contributed by atoms with Gasteiger partial charge in [-0.2, -0.15) is 0 Å². The number of nitro benzene ring substituents is 1. The third kappa shape index (κ3) is 3.95. The van der Waals surface area contributed by atoms with Crippen LogP contribution in [0.3, 0.4) is 0 Å². The van der Waals surface area contributed by atoms with E-state index in [1.54, 1.807) is 12.1 Å². The van der Waals surface area contributed by atoms with E-state index in [4.69, 9.17) is 9.26 Å². The average Bonchev–Trinajstić information content (AvgIpc) is 2.88. The fourth-order valence-electron chi connectivity index (χ4n) is 1.80. The van der Waals surface area contributed by atoms with E-state index in [0.29, 0.717) is 13.2 Å². The van der Waals surface area contributed by atoms with Crippen LogP contribution in [0.1, 0.15) is 24.8 Å². The minimum Gasteiger partial charge on any atom is -0.487 e. The molecule has 0 spiro atoms. The molecule has 0 saturated carbocycles. The van der Waals surface area contributed by atoms with Crippen molar-refractivity contribution in [3.05, 3.63) is 45.8 Å². The number of hydrogen-bond acceptors (Lipinski definition) is 6. The van der Waals surface area contributed by atoms with Gasteiger partial charge in [-0.25, -0.2) is 0 Å². The van der Waals surface area contributed by atoms with Crippen molar-refractivity contribution in [2.45, 2.75) is 26.8 Å². The van der Waals surface area contributed by atoms with Gasteiger partial charge in [-0.15, -0.1) is 0 Å². The number of nitrogens with zero attached hydrogens (tertiary/aromatic N) is 2. The molecule has 0 unspecified atom stereocenters. The van der Waals surface area contributed by atoms with Crippen molar-refractivity contribution < 1.29 is 14.2 Å². The van der Waals surface area contributed by atoms with Gasteiger partial charge in [0, 0.05) is 23.9 Å². The molecular weight excluding hydrogens is 274 g/mol. The first-order valence-electron chi connectivity index (χ1n) is 6.67. The summed E-state index contributed by atoms with van der Waals surface area (Å²) in [5, 5.41) is 18.0. The van der Waals surface area contributed by atoms with Crippen molar-refractivity contribution in [2.75, 3.05) is 11.9 Å². The average molecular weight is 291 g/mol. The van der Waals surface area contributed by atoms with Crippen LogP contribution in [0.15, 0.2) is 28.8 Å². The summed E-state index contributed by atoms with van der Waals surface area (Å²) in [4.78, 5) is 10.5. The van der Waals surface area contributed by atoms with Gasteiger partial charge in [0.1, 0.15) is 11.5 Å². The molecule has 0 aliphatic rings. The van der Waals surface area contributed by atoms with Crippen LogP contribution in [0.5, 0.6) is 5.75 Å². The molecule has 0 aliphatic carbocycles. The number of anilines is 1. The van der Waals surface area contributed by atoms with E-state index < -0.39 is 4.92 Å². The summed E-state index contributed by atoms with van der Waals surface area (Å²) in [7, 11) is 0. The minimum atomic E-state index is -0.449. The Morgan fingerprint density at radius 3 is 2.86 bits per heavy atom. The van der Waals surface area contributed by atoms with Gasteiger partial charge < -0.3 is 14.6 Å². The molecule has 7 heteroatoms. The van der Waals surface area contributed by atoms with Crippen molar-refractivity contribution in [1.29, 1.82) is 0 Å². The molecule has 21 heavy (non-hydrogen) atoms. The molecule has 112 valence electrons. The number of nitro groups is 1. The molecule has 7 nitrogen and oxygen atoms in total. The van der Waals surface area contributed by atoms with Gasteiger partial charge in [0.05, 0.1) is 18.1 Å². The fourth-order valence-corrected chi connectivity index (χ4v) is 1.80. The SMILES string of the molecule is CCCOc1cc(NCc2cc(C)on2)ccc1[N+](=O)[O-]. The largest absolute Gasteiger partial charge is 0.487 e. The lowest BCUT2D eigenvalue weighted by Gasteiger charge is -2.09. The van der Waals surface area contributed by atoms with Gasteiger partial charge in [0.25, 0.3) is 0 Å². The third-order valence-electron chi connectivity index (χ3n) is 2.77. The Hall–Kier alpha value is -2.57. The number of aryl methyl sites for hydroxylation is 1. The molecule has 0 aliphatic heterocycles. The van der Waals surface area contributed by atoms with Crippen LogP contribution in [0.4, 0.5) is 11.4 Å². The van der Waals surface area contributed by atoms with Crippen LogP contribution in [-0.4, -0.2) is 16.7 Å². The molecule has 1 aromatic heterocycles. The summed E-state index contributed by atoms with van der Waals surface area (Å²) in [5.41, 5.74) is 1.46. The zero-order valence-corrected chi connectivity index (χ0v) is 12.0. The van der Waals surface area contributed by atoms with Crippen LogP contribution in [0.25, 0.3) is 0 Å². The van der Waals surface area contributed by atoms with Crippen molar-refractivity contribution in [2.24, 2.45) is 0 Å². The third-order valence-corrected chi connectivity index (χ3v) is 2.77. The number of ether oxygens (including phenoxy) is 1. The highest BCUT2D eigenvalue weighted by atomic mass is 16.6. The summed E-state index contributed by atoms with van der Waals surface area (Å²) in [5.74, 6) is 1.01. The number of aromatic nitrogens is 1. The van der Waals surface area contributed by atoms with E-state index in [0.717, 1.165) is 23.6 Å². The van der Waals surface area contributed by atoms with Gasteiger partial charge in [-0.1, -0.05) is 12.1 Å². The van der Waals surface area contributed by atoms with Gasteiger partial charge >= 0.3 is 5.69 Å². The smallest absolute Gasteiger partial charge is 0.311 e. The Labute approximate surface area is 122 Å². The number of benzene rings is 1. The van der Waals surface area contributed by atoms with E-state index in [2.05, 4.69) is 10.5 Å². The van der Waals surface area contributed by atoms with Crippen molar-refractivity contribution >= 4 is 11.4 Å². The lowest BCUT2D eigenvalue weighted by atomic mass is 10.2. The monoisotopic (exact) mass is 291 g/mol. The summed E-state index contributed by atoms with van der Waals surface area (Å²) in [6, 6.07) is 6.53. The van der Waals surface area contributed by atoms with E-state index >= 15 is 0 Å². The molecule has 0 atom stereocenters. The summed E-state index contributed by atoms with van der Waals surface area (Å²) < 4.78 is 10.4. The van der Waals surface area contributed by atoms with Crippen molar-refractivity contribution in [3.63, 3.8) is 0 Å². The van der Waals surface area contributed by atoms with Gasteiger partial charge in [-0.3, -0.25) is 10.1 Å². The highest BCUT2D eigenvalue weighted by molar-refractivity contribution is 5.58. The minimum absolute atomic E-state index is 0.0359. The maximum atomic E-state index is 11.0. The normalized spacial score (nSPS) is 10.4. The number of nitrogens with one attached hydrogen (secondary N) is 1. The molecular formula is C14H17N3O4. The van der Waals surface area contributed by atoms with E-state index in [-0.39, 0.29) is 11.4 Å². The van der Waals surface area contributed by atoms with Gasteiger partial charge in [-0.05, 0) is 19.4 Å². The second kappa shape index (κ2) is 6.74. The number of hydrogen-bond donors (Lipinski definition) is 1. The maximum Gasteiger partial charge on any atom is 0.311 e. The van der Waals surface area contributed by atoms with Crippen LogP contribution in [0.2, 0.25) is 0 Å². The Balaban J connectivity index is 2.10. The molecule has 0 saturated heterocycles. The summed E-state index contributed by atoms with van der Waals surface area (Å²) >= 11 is 0. The maximum absolute atomic E-state index is 11.0. The Morgan fingerprint density at radius 2 is 2.24 bits per heavy atom. The van der Waals surface area contributed by atoms with Crippen LogP contribution in [-0.2, 0) is 6.54 Å². The van der Waals surface area contributed by atoms with Crippen molar-refractivity contribution in [1.82, 2.24) is 5.16 Å². The van der Waals surface area contributed by atoms with E-state index in [1.165, 1.54) is 6.07 Å². The molecule has 2 aromatic rings. The number of rotatable bonds is 7. The molecule has 0 amide bonds. The first kappa shape index (κ1) is 14.8.